The molecule has 1 aliphatic heterocycles. The molecule has 0 unspecified atom stereocenters. The number of rotatable bonds is 5. The van der Waals surface area contributed by atoms with Gasteiger partial charge >= 0.3 is 10.4 Å². The van der Waals surface area contributed by atoms with Gasteiger partial charge in [-0.3, -0.25) is 18.7 Å². The first-order valence-electron chi connectivity index (χ1n) is 11.4. The second-order valence-corrected chi connectivity index (χ2v) is 9.36. The van der Waals surface area contributed by atoms with Gasteiger partial charge in [0, 0.05) is 35.6 Å². The molecule has 3 heterocycles. The summed E-state index contributed by atoms with van der Waals surface area (Å²) in [6.45, 7) is 2.53. The molecule has 0 bridgehead atoms. The van der Waals surface area contributed by atoms with Crippen molar-refractivity contribution < 1.29 is 32.1 Å². The molecule has 1 fully saturated rings. The van der Waals surface area contributed by atoms with Gasteiger partial charge in [-0.1, -0.05) is 0 Å². The second-order valence-electron chi connectivity index (χ2n) is 8.46. The number of aliphatic hydroxyl groups is 1. The van der Waals surface area contributed by atoms with Crippen LogP contribution in [0.3, 0.4) is 0 Å². The van der Waals surface area contributed by atoms with Crippen LogP contribution in [0.5, 0.6) is 11.5 Å². The van der Waals surface area contributed by atoms with E-state index >= 15 is 0 Å². The first-order valence-corrected chi connectivity index (χ1v) is 12.8. The van der Waals surface area contributed by atoms with Crippen LogP contribution in [0.1, 0.15) is 48.8 Å². The minimum Gasteiger partial charge on any atom is -0.493 e. The largest absolute Gasteiger partial charge is 0.493 e. The van der Waals surface area contributed by atoms with Crippen molar-refractivity contribution in [1.29, 1.82) is 0 Å². The van der Waals surface area contributed by atoms with Gasteiger partial charge in [0.15, 0.2) is 11.5 Å². The maximum Gasteiger partial charge on any atom is 0.394 e. The van der Waals surface area contributed by atoms with Crippen LogP contribution in [-0.2, 0) is 10.4 Å². The lowest BCUT2D eigenvalue weighted by Gasteiger charge is -2.37. The lowest BCUT2D eigenvalue weighted by Crippen LogP contribution is -2.34. The average Bonchev–Trinajstić information content (AvgIpc) is 3.38. The smallest absolute Gasteiger partial charge is 0.394 e. The van der Waals surface area contributed by atoms with E-state index in [4.69, 9.17) is 32.0 Å². The van der Waals surface area contributed by atoms with Crippen LogP contribution >= 0.6 is 0 Å². The standard InChI is InChI=1S/C24H26N4O3.H2O4S/c1-3-31-22-11-17-18-10-16(29)5-6-20(18)27-24(19(17)12-21(22)30-2)15-4-7-23(26-13-15)28-9-8-25-14-28;1-5(2,3)4/h4,7-9,11-14,16,18,20,29H,3,5-6,10H2,1-2H3;(H2,1,2,3,4)/t16-,18-,20-;/m1./s1. The Morgan fingerprint density at radius 3 is 2.56 bits per heavy atom. The number of hydrogen-bond acceptors (Lipinski definition) is 8. The fraction of sp³-hybridized carbons (Fsp3) is 0.375. The molecule has 2 aromatic heterocycles. The maximum absolute atomic E-state index is 10.3. The third-order valence-electron chi connectivity index (χ3n) is 6.16. The van der Waals surface area contributed by atoms with Crippen molar-refractivity contribution in [2.75, 3.05) is 13.7 Å². The quantitative estimate of drug-likeness (QED) is 0.434. The Morgan fingerprint density at radius 2 is 1.94 bits per heavy atom. The van der Waals surface area contributed by atoms with Crippen LogP contribution in [0.15, 0.2) is 54.2 Å². The molecule has 3 N–H and O–H groups in total. The van der Waals surface area contributed by atoms with Gasteiger partial charge in [-0.05, 0) is 56.0 Å². The van der Waals surface area contributed by atoms with Crippen LogP contribution in [-0.4, -0.2) is 68.7 Å². The molecule has 1 saturated carbocycles. The molecule has 1 aromatic carbocycles. The second kappa shape index (κ2) is 10.7. The number of nitrogens with zero attached hydrogens (tertiary/aromatic N) is 4. The van der Waals surface area contributed by atoms with Gasteiger partial charge < -0.3 is 14.6 Å². The molecule has 36 heavy (non-hydrogen) atoms. The normalized spacial score (nSPS) is 20.8. The number of imidazole rings is 1. The molecule has 1 aliphatic carbocycles. The predicted octanol–water partition coefficient (Wildman–Crippen LogP) is 2.87. The molecule has 3 atom stereocenters. The van der Waals surface area contributed by atoms with E-state index < -0.39 is 10.4 Å². The topological polar surface area (TPSA) is 156 Å². The zero-order chi connectivity index (χ0) is 25.9. The fourth-order valence-electron chi connectivity index (χ4n) is 4.68. The molecule has 0 amide bonds. The zero-order valence-electron chi connectivity index (χ0n) is 19.9. The van der Waals surface area contributed by atoms with Crippen molar-refractivity contribution in [1.82, 2.24) is 14.5 Å². The summed E-state index contributed by atoms with van der Waals surface area (Å²) in [7, 11) is -3.02. The van der Waals surface area contributed by atoms with Gasteiger partial charge in [0.2, 0.25) is 0 Å². The van der Waals surface area contributed by atoms with Crippen LogP contribution in [0, 0.1) is 0 Å². The Labute approximate surface area is 209 Å². The number of hydrogen-bond donors (Lipinski definition) is 3. The number of aromatic nitrogens is 3. The predicted molar refractivity (Wildman–Crippen MR) is 132 cm³/mol. The van der Waals surface area contributed by atoms with Crippen molar-refractivity contribution in [2.24, 2.45) is 4.99 Å². The Morgan fingerprint density at radius 1 is 1.17 bits per heavy atom. The van der Waals surface area contributed by atoms with Gasteiger partial charge in [-0.25, -0.2) is 9.97 Å². The fourth-order valence-corrected chi connectivity index (χ4v) is 4.68. The molecule has 0 radical (unpaired) electrons. The van der Waals surface area contributed by atoms with E-state index in [9.17, 15) is 5.11 Å². The highest BCUT2D eigenvalue weighted by atomic mass is 32.3. The first kappa shape index (κ1) is 25.8. The van der Waals surface area contributed by atoms with Crippen molar-refractivity contribution in [2.45, 2.75) is 44.2 Å². The number of benzene rings is 1. The summed E-state index contributed by atoms with van der Waals surface area (Å²) in [5.41, 5.74) is 4.06. The Bertz CT molecular complexity index is 1320. The number of aliphatic imine (C=N–C) groups is 1. The van der Waals surface area contributed by atoms with E-state index in [1.54, 1.807) is 19.6 Å². The van der Waals surface area contributed by atoms with Gasteiger partial charge in [-0.15, -0.1) is 0 Å². The van der Waals surface area contributed by atoms with Crippen molar-refractivity contribution in [3.05, 3.63) is 65.9 Å². The van der Waals surface area contributed by atoms with Gasteiger partial charge in [0.1, 0.15) is 12.1 Å². The van der Waals surface area contributed by atoms with Crippen LogP contribution in [0.4, 0.5) is 0 Å². The van der Waals surface area contributed by atoms with Gasteiger partial charge in [-0.2, -0.15) is 8.42 Å². The summed E-state index contributed by atoms with van der Waals surface area (Å²) in [6, 6.07) is 8.25. The number of ether oxygens (including phenoxy) is 2. The van der Waals surface area contributed by atoms with E-state index in [2.05, 4.69) is 16.0 Å². The zero-order valence-corrected chi connectivity index (χ0v) is 20.7. The summed E-state index contributed by atoms with van der Waals surface area (Å²) in [4.78, 5) is 13.9. The minimum absolute atomic E-state index is 0.141. The van der Waals surface area contributed by atoms with E-state index in [0.717, 1.165) is 46.8 Å². The highest BCUT2D eigenvalue weighted by molar-refractivity contribution is 7.79. The molecule has 0 spiro atoms. The summed E-state index contributed by atoms with van der Waals surface area (Å²) in [5.74, 6) is 2.40. The summed E-state index contributed by atoms with van der Waals surface area (Å²) < 4.78 is 44.9. The highest BCUT2D eigenvalue weighted by Gasteiger charge is 2.37. The number of fused-ring (bicyclic) bond motifs is 3. The van der Waals surface area contributed by atoms with Gasteiger partial charge in [0.25, 0.3) is 0 Å². The Balaban J connectivity index is 0.000000556. The van der Waals surface area contributed by atoms with E-state index in [0.29, 0.717) is 18.8 Å². The number of methoxy groups -OCH3 is 1. The molecule has 192 valence electrons. The number of aliphatic hydroxyl groups excluding tert-OH is 1. The first-order chi connectivity index (χ1) is 17.2. The number of pyridine rings is 1. The lowest BCUT2D eigenvalue weighted by atomic mass is 9.74. The van der Waals surface area contributed by atoms with Crippen LogP contribution in [0.2, 0.25) is 0 Å². The minimum atomic E-state index is -4.67. The average molecular weight is 517 g/mol. The SMILES string of the molecule is CCOc1cc2c(cc1OC)C(c1ccc(-n3ccnc3)nc1)=N[C@@H]1CC[C@@H](O)C[C@H]21.O=S(=O)(O)O. The molecule has 11 nitrogen and oxygen atoms in total. The van der Waals surface area contributed by atoms with Crippen molar-refractivity contribution in [3.8, 4) is 17.3 Å². The van der Waals surface area contributed by atoms with Crippen LogP contribution in [0.25, 0.3) is 5.82 Å². The van der Waals surface area contributed by atoms with Crippen LogP contribution < -0.4 is 9.47 Å². The monoisotopic (exact) mass is 516 g/mol. The summed E-state index contributed by atoms with van der Waals surface area (Å²) in [5, 5.41) is 10.3. The molecular formula is C24H28N4O7S. The van der Waals surface area contributed by atoms with Crippen molar-refractivity contribution in [3.63, 3.8) is 0 Å². The highest BCUT2D eigenvalue weighted by Crippen LogP contribution is 2.44. The van der Waals surface area contributed by atoms with Gasteiger partial charge in [0.05, 0.1) is 31.6 Å². The lowest BCUT2D eigenvalue weighted by molar-refractivity contribution is 0.111. The summed E-state index contributed by atoms with van der Waals surface area (Å²) in [6.07, 6.45) is 9.26. The Kier molecular flexibility index (Phi) is 7.69. The maximum atomic E-state index is 10.3. The third kappa shape index (κ3) is 5.90. The molecule has 0 saturated heterocycles. The van der Waals surface area contributed by atoms with E-state index in [1.165, 1.54) is 0 Å². The third-order valence-corrected chi connectivity index (χ3v) is 6.16. The molecule has 2 aliphatic rings. The van der Waals surface area contributed by atoms with E-state index in [1.807, 2.05) is 42.1 Å². The molecule has 12 heteroatoms. The molecule has 3 aromatic rings. The molecular weight excluding hydrogens is 488 g/mol. The van der Waals surface area contributed by atoms with E-state index in [-0.39, 0.29) is 18.1 Å². The Hall–Kier alpha value is -3.32. The summed E-state index contributed by atoms with van der Waals surface area (Å²) >= 11 is 0. The molecule has 5 rings (SSSR count). The van der Waals surface area contributed by atoms with Crippen molar-refractivity contribution >= 4 is 16.1 Å².